The second kappa shape index (κ2) is 28.1. The number of aliphatic hydroxyl groups is 2. The van der Waals surface area contributed by atoms with Gasteiger partial charge in [0.05, 0.1) is 71.4 Å². The van der Waals surface area contributed by atoms with E-state index in [4.69, 9.17) is 66.3 Å². The third-order valence-corrected chi connectivity index (χ3v) is 23.5. The molecule has 16 aliphatic rings. The molecular weight excluding hydrogens is 1380 g/mol. The molecule has 0 aromatic heterocycles. The van der Waals surface area contributed by atoms with Crippen LogP contribution in [0.25, 0.3) is 0 Å². The summed E-state index contributed by atoms with van der Waals surface area (Å²) < 4.78 is 75.9. The molecule has 568 valence electrons. The van der Waals surface area contributed by atoms with Crippen LogP contribution in [0.1, 0.15) is 174 Å². The Kier molecular flexibility index (Phi) is 19.9. The molecule has 26 heteroatoms. The smallest absolute Gasteiger partial charge is 0.338 e. The minimum Gasteiger partial charge on any atom is -0.458 e. The Bertz CT molecular complexity index is 4210. The van der Waals surface area contributed by atoms with Crippen molar-refractivity contribution in [2.45, 2.75) is 248 Å². The van der Waals surface area contributed by atoms with Gasteiger partial charge in [-0.25, -0.2) is 38.4 Å². The van der Waals surface area contributed by atoms with E-state index in [1.54, 1.807) is 52.0 Å². The number of esters is 10. The molecule has 0 aromatic rings. The zero-order chi connectivity index (χ0) is 76.3. The van der Waals surface area contributed by atoms with Crippen LogP contribution in [-0.4, -0.2) is 144 Å². The van der Waals surface area contributed by atoms with Crippen molar-refractivity contribution in [2.75, 3.05) is 0 Å². The Morgan fingerprint density at radius 1 is 0.406 bits per heavy atom. The highest BCUT2D eigenvalue weighted by Crippen LogP contribution is 2.60. The number of fused-ring (bicyclic) bond motifs is 8. The quantitative estimate of drug-likeness (QED) is 0.0675. The predicted molar refractivity (Wildman–Crippen MR) is 366 cm³/mol. The molecule has 4 saturated heterocycles. The second-order valence-corrected chi connectivity index (χ2v) is 32.5. The highest BCUT2D eigenvalue weighted by molar-refractivity contribution is 5.96. The lowest BCUT2D eigenvalue weighted by Gasteiger charge is -2.37. The van der Waals surface area contributed by atoms with Gasteiger partial charge in [0.25, 0.3) is 25.2 Å². The summed E-state index contributed by atoms with van der Waals surface area (Å²) in [6.45, 7) is 26.4. The van der Waals surface area contributed by atoms with Crippen LogP contribution in [0.5, 0.6) is 0 Å². The summed E-state index contributed by atoms with van der Waals surface area (Å²) in [5, 5.41) is 21.2. The molecule has 0 saturated carbocycles. The third-order valence-electron chi connectivity index (χ3n) is 23.5. The maximum atomic E-state index is 12.6. The minimum absolute atomic E-state index is 0.0919. The van der Waals surface area contributed by atoms with E-state index in [-0.39, 0.29) is 57.8 Å². The first kappa shape index (κ1) is 75.0. The van der Waals surface area contributed by atoms with Crippen molar-refractivity contribution >= 4 is 59.7 Å². The molecule has 4 unspecified atom stereocenters. The average molecular weight is 1470 g/mol. The Balaban J connectivity index is 0.000000125. The van der Waals surface area contributed by atoms with Crippen LogP contribution in [-0.2, 0) is 114 Å². The Morgan fingerprint density at radius 2 is 0.745 bits per heavy atom. The van der Waals surface area contributed by atoms with Gasteiger partial charge < -0.3 is 76.5 Å². The van der Waals surface area contributed by atoms with Gasteiger partial charge in [0.1, 0.15) is 36.6 Å². The van der Waals surface area contributed by atoms with Crippen molar-refractivity contribution in [2.24, 2.45) is 45.3 Å². The second-order valence-electron chi connectivity index (χ2n) is 32.5. The number of aliphatic hydroxyl groups excluding tert-OH is 2. The molecule has 0 aromatic carbocycles. The molecule has 0 spiro atoms. The van der Waals surface area contributed by atoms with E-state index in [9.17, 15) is 58.2 Å². The number of rotatable bonds is 10. The van der Waals surface area contributed by atoms with E-state index in [1.165, 1.54) is 38.9 Å². The first-order chi connectivity index (χ1) is 49.9. The minimum atomic E-state index is -0.876. The molecule has 0 amide bonds. The fourth-order valence-corrected chi connectivity index (χ4v) is 18.3. The topological polar surface area (TPSA) is 340 Å². The van der Waals surface area contributed by atoms with Gasteiger partial charge >= 0.3 is 59.7 Å². The maximum Gasteiger partial charge on any atom is 0.338 e. The SMILES string of the molecule is CC(=O)O[C@@H]1C2=C([C@H]3OC(=O)/C(=C/OC4C=C(C)C(=O)O4)[C@@H]13)C(C)(C)CCC2.CC(=O)O[C@H]1CCC(C)(C)C2=C1C[C@@H]1/C(=C\OC3C=C(C)C(=O)O3)C(=O)O[C@H]21.CC1=CC(O/C=C2/C(=O)O[C@@H]3C4=C(CCCC4(C)C)[C@@H](O)[C@H]23)OC1=O.CC1=CC(O/C=C2/C(=O)O[C@@H]3C4=C(C[C@H]23)[C@@H](O)CCC4(C)C)OC1=O. The molecule has 16 rings (SSSR count). The molecule has 2 N–H and O–H groups in total. The van der Waals surface area contributed by atoms with E-state index in [0.717, 1.165) is 109 Å². The van der Waals surface area contributed by atoms with E-state index < -0.39 is 121 Å². The van der Waals surface area contributed by atoms with E-state index >= 15 is 0 Å². The molecule has 16 atom stereocenters. The van der Waals surface area contributed by atoms with Crippen molar-refractivity contribution in [1.82, 2.24) is 0 Å². The maximum absolute atomic E-state index is 12.6. The highest BCUT2D eigenvalue weighted by atomic mass is 16.7. The van der Waals surface area contributed by atoms with Gasteiger partial charge in [-0.05, 0) is 171 Å². The van der Waals surface area contributed by atoms with E-state index in [1.807, 2.05) is 0 Å². The molecule has 0 bridgehead atoms. The fourth-order valence-electron chi connectivity index (χ4n) is 18.3. The number of ether oxygens (including phenoxy) is 14. The summed E-state index contributed by atoms with van der Waals surface area (Å²) in [7, 11) is 0. The number of carbonyl (C=O) groups is 10. The molecule has 26 nitrogen and oxygen atoms in total. The Morgan fingerprint density at radius 3 is 1.17 bits per heavy atom. The molecule has 8 heterocycles. The van der Waals surface area contributed by atoms with Crippen LogP contribution in [0, 0.1) is 45.3 Å². The summed E-state index contributed by atoms with van der Waals surface area (Å²) in [4.78, 5) is 119. The summed E-state index contributed by atoms with van der Waals surface area (Å²) in [5.41, 5.74) is 11.3. The lowest BCUT2D eigenvalue weighted by molar-refractivity contribution is -0.153. The van der Waals surface area contributed by atoms with Crippen LogP contribution >= 0.6 is 0 Å². The lowest BCUT2D eigenvalue weighted by atomic mass is 9.71. The first-order valence-corrected chi connectivity index (χ1v) is 36.4. The number of hydrogen-bond acceptors (Lipinski definition) is 26. The van der Waals surface area contributed by atoms with Crippen molar-refractivity contribution in [3.8, 4) is 0 Å². The number of cyclic esters (lactones) is 4. The van der Waals surface area contributed by atoms with Crippen molar-refractivity contribution < 1.29 is 124 Å². The van der Waals surface area contributed by atoms with Gasteiger partial charge in [-0.2, -0.15) is 0 Å². The summed E-state index contributed by atoms with van der Waals surface area (Å²) in [6.07, 6.45) is 14.6. The predicted octanol–water partition coefficient (Wildman–Crippen LogP) is 9.70. The molecule has 106 heavy (non-hydrogen) atoms. The van der Waals surface area contributed by atoms with Crippen LogP contribution in [0.4, 0.5) is 0 Å². The van der Waals surface area contributed by atoms with Gasteiger partial charge in [0.2, 0.25) is 0 Å². The average Bonchev–Trinajstić information content (AvgIpc) is 1.61. The van der Waals surface area contributed by atoms with Crippen molar-refractivity contribution in [3.63, 3.8) is 0 Å². The van der Waals surface area contributed by atoms with Crippen LogP contribution in [0.2, 0.25) is 0 Å². The first-order valence-electron chi connectivity index (χ1n) is 36.4. The zero-order valence-corrected chi connectivity index (χ0v) is 62.0. The van der Waals surface area contributed by atoms with Gasteiger partial charge in [-0.15, -0.1) is 0 Å². The van der Waals surface area contributed by atoms with Gasteiger partial charge in [-0.1, -0.05) is 55.4 Å². The van der Waals surface area contributed by atoms with Crippen LogP contribution < -0.4 is 0 Å². The number of hydrogen-bond donors (Lipinski definition) is 2. The Hall–Kier alpha value is -9.30. The third kappa shape index (κ3) is 13.9. The van der Waals surface area contributed by atoms with E-state index in [0.29, 0.717) is 57.4 Å². The molecule has 0 radical (unpaired) electrons. The number of carbonyl (C=O) groups excluding carboxylic acids is 10. The standard InChI is InChI=1S/2C21H24O7.2C19H22O6/c1-10-7-16(27-19(10)23)25-9-14-12-8-13-15(26-11(2)22)5-6-21(3,4)17(13)18(12)28-20(14)24;1-10-8-14(27-19(10)23)25-9-13-15-17(26-11(2)22)12-6-5-7-21(3,4)16(12)18(15)28-20(13)24;1-9-6-14(24-17(9)21)23-8-12-10-7-11-13(20)4-5-19(2,3)15(11)16(10)25-18(12)22;1-9-7-12(24-17(9)21)23-8-11-13-15(20)10-5-4-6-19(2,3)14(10)16(13)25-18(11)22/h7,9,12,15-16,18H,5-6,8H2,1-4H3;8-9,14-15,17-18H,5-7H2,1-4H3;6,8,10,13-14,16,20H,4-5,7H2,1-3H3;7-8,12-13,15-16,20H,4-6H2,1-3H3/b14-9+;13-9+;12-8+;11-8+/t12-,15+,16?,18+;14?,15-,17+,18-;10-,13+,14?,16+;12?,13-,15+,16-/m1010/s1. The van der Waals surface area contributed by atoms with Crippen LogP contribution in [0.3, 0.4) is 0 Å². The normalized spacial score (nSPS) is 36.0. The monoisotopic (exact) mass is 1470 g/mol. The van der Waals surface area contributed by atoms with Gasteiger partial charge in [-0.3, -0.25) is 9.59 Å². The summed E-state index contributed by atoms with van der Waals surface area (Å²) in [6, 6.07) is 0. The molecular formula is C80H92O26. The lowest BCUT2D eigenvalue weighted by Crippen LogP contribution is -2.33. The van der Waals surface area contributed by atoms with Crippen LogP contribution in [0.15, 0.2) is 139 Å². The largest absolute Gasteiger partial charge is 0.458 e. The molecule has 8 aliphatic heterocycles. The summed E-state index contributed by atoms with van der Waals surface area (Å²) >= 11 is 0. The molecule has 4 fully saturated rings. The van der Waals surface area contributed by atoms with Crippen molar-refractivity contribution in [3.05, 3.63) is 139 Å². The highest BCUT2D eigenvalue weighted by Gasteiger charge is 2.61. The Labute approximate surface area is 613 Å². The van der Waals surface area contributed by atoms with Gasteiger partial charge in [0, 0.05) is 72.3 Å². The fraction of sp³-hybridized carbons (Fsp3) is 0.575. The van der Waals surface area contributed by atoms with Crippen molar-refractivity contribution in [1.29, 1.82) is 0 Å². The van der Waals surface area contributed by atoms with E-state index in [2.05, 4.69) is 55.4 Å². The zero-order valence-electron chi connectivity index (χ0n) is 62.0. The van der Waals surface area contributed by atoms with Gasteiger partial charge in [0.15, 0.2) is 0 Å². The summed E-state index contributed by atoms with van der Waals surface area (Å²) in [5.74, 6) is -5.46. The molecule has 8 aliphatic carbocycles.